The van der Waals surface area contributed by atoms with E-state index in [0.29, 0.717) is 0 Å². The molecule has 1 aromatic rings. The Morgan fingerprint density at radius 1 is 1.28 bits per heavy atom. The molecule has 1 aliphatic rings. The Balaban J connectivity index is 2.26. The Morgan fingerprint density at radius 2 is 1.94 bits per heavy atom. The highest BCUT2D eigenvalue weighted by Crippen LogP contribution is 2.29. The molecule has 0 bridgehead atoms. The first kappa shape index (κ1) is 12.9. The summed E-state index contributed by atoms with van der Waals surface area (Å²) in [4.78, 5) is 4.79. The van der Waals surface area contributed by atoms with Crippen LogP contribution in [0.4, 0.5) is 5.69 Å². The van der Waals surface area contributed by atoms with E-state index in [1.807, 2.05) is 31.2 Å². The third-order valence-corrected chi connectivity index (χ3v) is 3.65. The average molecular weight is 243 g/mol. The molecule has 1 aromatic carbocycles. The normalized spacial score (nSPS) is 20.9. The summed E-state index contributed by atoms with van der Waals surface area (Å²) in [5.74, 6) is 0.832. The van der Waals surface area contributed by atoms with Crippen molar-refractivity contribution < 1.29 is 5.11 Å². The lowest BCUT2D eigenvalue weighted by atomic mass is 9.89. The summed E-state index contributed by atoms with van der Waals surface area (Å²) in [5, 5.41) is 9.14. The van der Waals surface area contributed by atoms with Crippen LogP contribution in [-0.2, 0) is 0 Å². The highest BCUT2D eigenvalue weighted by Gasteiger charge is 2.14. The fourth-order valence-corrected chi connectivity index (χ4v) is 2.35. The quantitative estimate of drug-likeness (QED) is 0.737. The minimum Gasteiger partial charge on any atom is -0.515 e. The molecule has 0 radical (unpaired) electrons. The van der Waals surface area contributed by atoms with Crippen molar-refractivity contribution in [3.63, 3.8) is 0 Å². The number of nitrogens with zero attached hydrogens (tertiary/aromatic N) is 1. The van der Waals surface area contributed by atoms with Crippen LogP contribution in [0.2, 0.25) is 0 Å². The first-order chi connectivity index (χ1) is 8.70. The number of aliphatic hydroxyl groups is 1. The van der Waals surface area contributed by atoms with E-state index in [4.69, 9.17) is 10.1 Å². The molecule has 1 fully saturated rings. The van der Waals surface area contributed by atoms with Gasteiger partial charge in [-0.3, -0.25) is 4.99 Å². The molecule has 0 atom stereocenters. The van der Waals surface area contributed by atoms with Gasteiger partial charge in [-0.15, -0.1) is 0 Å². The van der Waals surface area contributed by atoms with Crippen LogP contribution in [0.25, 0.3) is 5.57 Å². The maximum Gasteiger partial charge on any atom is 0.0827 e. The van der Waals surface area contributed by atoms with Crippen LogP contribution in [0.5, 0.6) is 0 Å². The van der Waals surface area contributed by atoms with Crippen LogP contribution in [0.15, 0.2) is 35.5 Å². The second-order valence-electron chi connectivity index (χ2n) is 5.19. The second kappa shape index (κ2) is 5.85. The zero-order valence-corrected chi connectivity index (χ0v) is 11.2. The smallest absolute Gasteiger partial charge is 0.0827 e. The summed E-state index contributed by atoms with van der Waals surface area (Å²) in [7, 11) is 0. The number of aliphatic hydroxyl groups excluding tert-OH is 1. The molecule has 1 saturated carbocycles. The predicted octanol–water partition coefficient (Wildman–Crippen LogP) is 4.89. The number of aliphatic imine (C=N–C) groups is 1. The number of allylic oxidation sites excluding steroid dienone is 1. The molecule has 0 heterocycles. The molecule has 0 amide bonds. The van der Waals surface area contributed by atoms with Crippen molar-refractivity contribution in [3.8, 4) is 0 Å². The van der Waals surface area contributed by atoms with E-state index in [0.717, 1.165) is 41.8 Å². The van der Waals surface area contributed by atoms with Crippen molar-refractivity contribution in [1.29, 1.82) is 0 Å². The first-order valence-electron chi connectivity index (χ1n) is 6.67. The lowest BCUT2D eigenvalue weighted by Crippen LogP contribution is -2.11. The molecule has 18 heavy (non-hydrogen) atoms. The largest absolute Gasteiger partial charge is 0.515 e. The fraction of sp³-hybridized carbons (Fsp3) is 0.438. The number of rotatable bonds is 2. The molecule has 2 heteroatoms. The molecule has 1 N–H and O–H groups in total. The van der Waals surface area contributed by atoms with Gasteiger partial charge in [0.1, 0.15) is 0 Å². The number of hydrogen-bond donors (Lipinski definition) is 1. The van der Waals surface area contributed by atoms with E-state index in [9.17, 15) is 0 Å². The lowest BCUT2D eigenvalue weighted by molar-refractivity contribution is 0.475. The Hall–Kier alpha value is -1.57. The van der Waals surface area contributed by atoms with Crippen molar-refractivity contribution in [2.24, 2.45) is 10.9 Å². The Kier molecular flexibility index (Phi) is 4.19. The Bertz CT molecular complexity index is 464. The van der Waals surface area contributed by atoms with Crippen LogP contribution in [0.3, 0.4) is 0 Å². The van der Waals surface area contributed by atoms with Gasteiger partial charge in [-0.25, -0.2) is 0 Å². The highest BCUT2D eigenvalue weighted by molar-refractivity contribution is 5.89. The molecule has 0 aliphatic heterocycles. The molecular weight excluding hydrogens is 222 g/mol. The highest BCUT2D eigenvalue weighted by atomic mass is 16.2. The standard InChI is InChI=1S/C16H21NO/c1-12-7-9-14(10-8-12)17-16-6-4-3-5-15(16)13(2)11-18/h3-6,11-12,18H,7-10H2,1-2H3/b13-11-,17-14?. The summed E-state index contributed by atoms with van der Waals surface area (Å²) in [6.07, 6.45) is 5.86. The van der Waals surface area contributed by atoms with E-state index >= 15 is 0 Å². The topological polar surface area (TPSA) is 32.6 Å². The van der Waals surface area contributed by atoms with Crippen LogP contribution in [0.1, 0.15) is 45.1 Å². The van der Waals surface area contributed by atoms with Crippen LogP contribution < -0.4 is 0 Å². The molecule has 96 valence electrons. The summed E-state index contributed by atoms with van der Waals surface area (Å²) in [6, 6.07) is 8.01. The van der Waals surface area contributed by atoms with E-state index in [1.54, 1.807) is 0 Å². The van der Waals surface area contributed by atoms with Gasteiger partial charge >= 0.3 is 0 Å². The molecule has 2 rings (SSSR count). The molecule has 0 aromatic heterocycles. The van der Waals surface area contributed by atoms with E-state index in [2.05, 4.69) is 6.92 Å². The molecule has 1 aliphatic carbocycles. The van der Waals surface area contributed by atoms with Crippen molar-refractivity contribution in [1.82, 2.24) is 0 Å². The van der Waals surface area contributed by atoms with Crippen molar-refractivity contribution >= 4 is 17.0 Å². The SMILES string of the molecule is C/C(=C/O)c1ccccc1N=C1CCC(C)CC1. The summed E-state index contributed by atoms with van der Waals surface area (Å²) in [6.45, 7) is 4.21. The van der Waals surface area contributed by atoms with Gasteiger partial charge in [0.15, 0.2) is 0 Å². The van der Waals surface area contributed by atoms with Crippen molar-refractivity contribution in [2.45, 2.75) is 39.5 Å². The second-order valence-corrected chi connectivity index (χ2v) is 5.19. The molecular formula is C16H21NO. The summed E-state index contributed by atoms with van der Waals surface area (Å²) in [5.41, 5.74) is 4.15. The maximum absolute atomic E-state index is 9.14. The zero-order chi connectivity index (χ0) is 13.0. The Labute approximate surface area is 109 Å². The van der Waals surface area contributed by atoms with Gasteiger partial charge in [0.05, 0.1) is 11.9 Å². The first-order valence-corrected chi connectivity index (χ1v) is 6.67. The van der Waals surface area contributed by atoms with Gasteiger partial charge in [-0.1, -0.05) is 25.1 Å². The maximum atomic E-state index is 9.14. The molecule has 0 unspecified atom stereocenters. The third kappa shape index (κ3) is 3.00. The van der Waals surface area contributed by atoms with Gasteiger partial charge in [-0.05, 0) is 50.2 Å². The monoisotopic (exact) mass is 243 g/mol. The van der Waals surface area contributed by atoms with Gasteiger partial charge < -0.3 is 5.11 Å². The van der Waals surface area contributed by atoms with Crippen LogP contribution in [-0.4, -0.2) is 10.8 Å². The fourth-order valence-electron chi connectivity index (χ4n) is 2.35. The molecule has 2 nitrogen and oxygen atoms in total. The van der Waals surface area contributed by atoms with Gasteiger partial charge in [0.2, 0.25) is 0 Å². The molecule has 0 saturated heterocycles. The average Bonchev–Trinajstić information content (AvgIpc) is 2.41. The van der Waals surface area contributed by atoms with Crippen LogP contribution in [0, 0.1) is 5.92 Å². The predicted molar refractivity (Wildman–Crippen MR) is 77.4 cm³/mol. The zero-order valence-electron chi connectivity index (χ0n) is 11.2. The van der Waals surface area contributed by atoms with E-state index in [-0.39, 0.29) is 0 Å². The van der Waals surface area contributed by atoms with Gasteiger partial charge in [-0.2, -0.15) is 0 Å². The van der Waals surface area contributed by atoms with Crippen molar-refractivity contribution in [3.05, 3.63) is 36.1 Å². The summed E-state index contributed by atoms with van der Waals surface area (Å²) < 4.78 is 0. The van der Waals surface area contributed by atoms with E-state index in [1.165, 1.54) is 18.6 Å². The Morgan fingerprint density at radius 3 is 2.61 bits per heavy atom. The minimum atomic E-state index is 0.832. The van der Waals surface area contributed by atoms with E-state index < -0.39 is 0 Å². The van der Waals surface area contributed by atoms with Gasteiger partial charge in [0, 0.05) is 11.3 Å². The minimum absolute atomic E-state index is 0.832. The number of benzene rings is 1. The third-order valence-electron chi connectivity index (χ3n) is 3.65. The van der Waals surface area contributed by atoms with Crippen molar-refractivity contribution in [2.75, 3.05) is 0 Å². The molecule has 0 spiro atoms. The number of hydrogen-bond acceptors (Lipinski definition) is 2. The number of para-hydroxylation sites is 1. The van der Waals surface area contributed by atoms with Gasteiger partial charge in [0.25, 0.3) is 0 Å². The summed E-state index contributed by atoms with van der Waals surface area (Å²) >= 11 is 0. The lowest BCUT2D eigenvalue weighted by Gasteiger charge is -2.19. The van der Waals surface area contributed by atoms with Crippen LogP contribution >= 0.6 is 0 Å².